The van der Waals surface area contributed by atoms with Crippen LogP contribution in [0.25, 0.3) is 0 Å². The van der Waals surface area contributed by atoms with E-state index in [1.807, 2.05) is 23.5 Å². The summed E-state index contributed by atoms with van der Waals surface area (Å²) in [5.41, 5.74) is 3.31. The molecule has 0 unspecified atom stereocenters. The summed E-state index contributed by atoms with van der Waals surface area (Å²) in [6, 6.07) is 0. The molecule has 45 heavy (non-hydrogen) atoms. The quantitative estimate of drug-likeness (QED) is 0.267. The van der Waals surface area contributed by atoms with Crippen LogP contribution in [0.1, 0.15) is 191 Å². The third-order valence-electron chi connectivity index (χ3n) is 7.72. The summed E-state index contributed by atoms with van der Waals surface area (Å²) in [6.07, 6.45) is 16.0. The molecule has 0 bridgehead atoms. The summed E-state index contributed by atoms with van der Waals surface area (Å²) < 4.78 is 0. The maximum Gasteiger partial charge on any atom is 0.0135 e. The highest BCUT2D eigenvalue weighted by Gasteiger charge is 2.31. The van der Waals surface area contributed by atoms with Crippen molar-refractivity contribution in [1.82, 2.24) is 0 Å². The minimum atomic E-state index is 0.314. The number of hydrogen-bond acceptors (Lipinski definition) is 2. The largest absolute Gasteiger partial charge is 0.165 e. The Morgan fingerprint density at radius 3 is 1.07 bits per heavy atom. The van der Waals surface area contributed by atoms with Crippen molar-refractivity contribution in [2.75, 3.05) is 24.0 Å². The molecule has 1 fully saturated rings. The first-order chi connectivity index (χ1) is 19.5. The Kier molecular flexibility index (Phi) is 29.7. The Hall–Kier alpha value is 0.260. The molecule has 0 saturated heterocycles. The molecule has 0 nitrogen and oxygen atoms in total. The second kappa shape index (κ2) is 24.4. The summed E-state index contributed by atoms with van der Waals surface area (Å²) >= 11 is 3.87. The molecule has 0 radical (unpaired) electrons. The van der Waals surface area contributed by atoms with Gasteiger partial charge in [-0.25, -0.2) is 0 Å². The number of thioether (sulfide) groups is 2. The third kappa shape index (κ3) is 56.9. The Morgan fingerprint density at radius 1 is 0.644 bits per heavy atom. The predicted molar refractivity (Wildman–Crippen MR) is 223 cm³/mol. The molecule has 0 aromatic rings. The zero-order valence-corrected chi connectivity index (χ0v) is 38.1. The maximum absolute atomic E-state index is 5.06. The fourth-order valence-corrected chi connectivity index (χ4v) is 4.73. The van der Waals surface area contributed by atoms with Crippen LogP contribution in [-0.4, -0.2) is 24.0 Å². The van der Waals surface area contributed by atoms with E-state index < -0.39 is 0 Å². The lowest BCUT2D eigenvalue weighted by molar-refractivity contribution is 0.163. The normalized spacial score (nSPS) is 14.6. The minimum absolute atomic E-state index is 0.314. The zero-order valence-electron chi connectivity index (χ0n) is 36.5. The molecule has 0 aliphatic heterocycles. The Bertz CT molecular complexity index is 684. The van der Waals surface area contributed by atoms with E-state index >= 15 is 0 Å². The van der Waals surface area contributed by atoms with Gasteiger partial charge in [0, 0.05) is 6.42 Å². The molecule has 0 heterocycles. The minimum Gasteiger partial charge on any atom is -0.165 e. The maximum atomic E-state index is 5.06. The van der Waals surface area contributed by atoms with Crippen molar-refractivity contribution in [2.45, 2.75) is 191 Å². The summed E-state index contributed by atoms with van der Waals surface area (Å²) in [7, 11) is 0. The van der Waals surface area contributed by atoms with Crippen molar-refractivity contribution in [1.29, 1.82) is 0 Å². The van der Waals surface area contributed by atoms with Gasteiger partial charge in [0.1, 0.15) is 0 Å². The van der Waals surface area contributed by atoms with Gasteiger partial charge in [-0.1, -0.05) is 179 Å². The summed E-state index contributed by atoms with van der Waals surface area (Å²) in [6.45, 7) is 51.9. The molecule has 2 heteroatoms. The second-order valence-corrected chi connectivity index (χ2v) is 23.1. The van der Waals surface area contributed by atoms with Crippen molar-refractivity contribution >= 4 is 23.5 Å². The number of hydrogen-bond donors (Lipinski definition) is 0. The summed E-state index contributed by atoms with van der Waals surface area (Å²) in [5, 5.41) is 0. The Morgan fingerprint density at radius 2 is 1.00 bits per heavy atom. The molecule has 0 amide bonds. The van der Waals surface area contributed by atoms with Gasteiger partial charge in [-0.15, -0.1) is 12.3 Å². The van der Waals surface area contributed by atoms with Gasteiger partial charge < -0.3 is 0 Å². The van der Waals surface area contributed by atoms with E-state index in [0.29, 0.717) is 37.9 Å². The molecule has 1 aliphatic carbocycles. The monoisotopic (exact) mass is 673 g/mol. The first-order valence-corrected chi connectivity index (χ1v) is 20.7. The molecular weight excluding hydrogens is 581 g/mol. The third-order valence-corrected chi connectivity index (χ3v) is 9.57. The van der Waals surface area contributed by atoms with Gasteiger partial charge in [-0.3, -0.25) is 0 Å². The molecule has 1 rings (SSSR count). The van der Waals surface area contributed by atoms with Crippen molar-refractivity contribution in [3.05, 3.63) is 0 Å². The molecule has 1 atom stereocenters. The van der Waals surface area contributed by atoms with Gasteiger partial charge in [0.05, 0.1) is 0 Å². The second-order valence-electron chi connectivity index (χ2n) is 21.4. The van der Waals surface area contributed by atoms with Crippen molar-refractivity contribution in [3.8, 4) is 12.3 Å². The molecule has 0 aromatic carbocycles. The Labute approximate surface area is 299 Å². The molecular formula is C43H92S2. The average molecular weight is 673 g/mol. The van der Waals surface area contributed by atoms with Crippen molar-refractivity contribution in [3.63, 3.8) is 0 Å². The molecule has 0 N–H and O–H groups in total. The van der Waals surface area contributed by atoms with Gasteiger partial charge in [0.15, 0.2) is 0 Å². The molecule has 0 aromatic heterocycles. The lowest BCUT2D eigenvalue weighted by atomic mass is 9.71. The highest BCUT2D eigenvalue weighted by atomic mass is 32.2. The van der Waals surface area contributed by atoms with Gasteiger partial charge in [0.25, 0.3) is 0 Å². The van der Waals surface area contributed by atoms with Crippen LogP contribution in [0.15, 0.2) is 0 Å². The van der Waals surface area contributed by atoms with E-state index in [4.69, 9.17) is 6.42 Å². The van der Waals surface area contributed by atoms with Crippen LogP contribution in [0.3, 0.4) is 0 Å². The number of terminal acetylenes is 1. The van der Waals surface area contributed by atoms with Crippen LogP contribution in [0.5, 0.6) is 0 Å². The topological polar surface area (TPSA) is 0 Å². The van der Waals surface area contributed by atoms with Crippen LogP contribution < -0.4 is 0 Å². The molecule has 1 saturated carbocycles. The lowest BCUT2D eigenvalue weighted by Crippen LogP contribution is -2.31. The summed E-state index contributed by atoms with van der Waals surface area (Å²) in [4.78, 5) is 0. The van der Waals surface area contributed by atoms with Crippen LogP contribution in [0, 0.1) is 62.1 Å². The fourth-order valence-electron chi connectivity index (χ4n) is 2.57. The standard InChI is InChI=1S/C9H20S.C8H18S.C8H16.C7H12.C6H14.C5H12/c1-8(2,3)9(4,5)7-10-6;1-7(6-9-5)8(2,3)4;1-8(2,3)6-7-4-5-7;1-5-6-7(2,3)4;1-5-6(2,3)4;1-5(2,3)4/h7H2,1-6H3;7H,6H2,1-5H3;7H,4-6H2,1-3H3;1H,6H2,2-4H3;5H2,1-4H3;1-4H3/t;7-;;;;/m.1..../s1. The fraction of sp³-hybridized carbons (Fsp3) is 0.953. The molecule has 276 valence electrons. The van der Waals surface area contributed by atoms with Crippen LogP contribution in [0.4, 0.5) is 0 Å². The van der Waals surface area contributed by atoms with Crippen LogP contribution >= 0.6 is 23.5 Å². The van der Waals surface area contributed by atoms with E-state index in [1.54, 1.807) is 0 Å². The smallest absolute Gasteiger partial charge is 0.0135 e. The van der Waals surface area contributed by atoms with Gasteiger partial charge >= 0.3 is 0 Å². The SMILES string of the molecule is C#CCC(C)(C)C.CC(C)(C)C.CC(C)(C)CC1CC1.CCC(C)(C)C.CSCC(C)(C)C(C)(C)C.CSC[C@@H](C)C(C)(C)C. The number of rotatable bonds is 5. The van der Waals surface area contributed by atoms with E-state index in [9.17, 15) is 0 Å². The highest BCUT2D eigenvalue weighted by molar-refractivity contribution is 7.98. The molecule has 0 spiro atoms. The van der Waals surface area contributed by atoms with Crippen LogP contribution in [-0.2, 0) is 0 Å². The van der Waals surface area contributed by atoms with E-state index in [-0.39, 0.29) is 0 Å². The highest BCUT2D eigenvalue weighted by Crippen LogP contribution is 2.40. The predicted octanol–water partition coefficient (Wildman–Crippen LogP) is 15.8. The van der Waals surface area contributed by atoms with Crippen LogP contribution in [0.2, 0.25) is 0 Å². The first-order valence-electron chi connectivity index (χ1n) is 17.9. The average Bonchev–Trinajstić information content (AvgIpc) is 3.54. The van der Waals surface area contributed by atoms with Gasteiger partial charge in [0.2, 0.25) is 0 Å². The molecule has 1 aliphatic rings. The van der Waals surface area contributed by atoms with Gasteiger partial charge in [-0.2, -0.15) is 23.5 Å². The van der Waals surface area contributed by atoms with Crippen molar-refractivity contribution < 1.29 is 0 Å². The van der Waals surface area contributed by atoms with Crippen molar-refractivity contribution in [2.24, 2.45) is 49.7 Å². The first kappa shape index (κ1) is 54.7. The van der Waals surface area contributed by atoms with E-state index in [1.165, 1.54) is 37.2 Å². The van der Waals surface area contributed by atoms with E-state index in [2.05, 4.69) is 178 Å². The van der Waals surface area contributed by atoms with E-state index in [0.717, 1.165) is 18.3 Å². The zero-order chi connectivity index (χ0) is 37.7. The lowest BCUT2D eigenvalue weighted by Gasteiger charge is -2.38. The van der Waals surface area contributed by atoms with Gasteiger partial charge in [-0.05, 0) is 80.2 Å². The summed E-state index contributed by atoms with van der Waals surface area (Å²) in [5.74, 6) is 7.05. The Balaban J connectivity index is -0.000000144.